The van der Waals surface area contributed by atoms with Crippen molar-refractivity contribution in [2.24, 2.45) is 0 Å². The Bertz CT molecular complexity index is 560. The van der Waals surface area contributed by atoms with Crippen molar-refractivity contribution in [3.63, 3.8) is 0 Å². The van der Waals surface area contributed by atoms with Gasteiger partial charge in [-0.25, -0.2) is 0 Å². The van der Waals surface area contributed by atoms with Crippen LogP contribution >= 0.6 is 11.3 Å². The minimum atomic E-state index is 0.329. The van der Waals surface area contributed by atoms with Crippen molar-refractivity contribution in [3.05, 3.63) is 56.3 Å². The van der Waals surface area contributed by atoms with Crippen molar-refractivity contribution < 1.29 is 0 Å². The fourth-order valence-corrected chi connectivity index (χ4v) is 3.95. The first-order valence-corrected chi connectivity index (χ1v) is 8.27. The first kappa shape index (κ1) is 15.3. The van der Waals surface area contributed by atoms with Crippen LogP contribution < -0.4 is 5.32 Å². The molecule has 0 saturated carbocycles. The van der Waals surface area contributed by atoms with E-state index in [0.29, 0.717) is 6.04 Å². The Balaban J connectivity index is 2.50. The molecule has 2 rings (SSSR count). The summed E-state index contributed by atoms with van der Waals surface area (Å²) in [5.41, 5.74) is 6.98. The Labute approximate surface area is 127 Å². The van der Waals surface area contributed by atoms with Gasteiger partial charge in [0.25, 0.3) is 0 Å². The summed E-state index contributed by atoms with van der Waals surface area (Å²) in [7, 11) is 0. The zero-order valence-corrected chi connectivity index (χ0v) is 14.0. The third-order valence-electron chi connectivity index (χ3n) is 3.79. The van der Waals surface area contributed by atoms with Gasteiger partial charge in [-0.1, -0.05) is 24.6 Å². The summed E-state index contributed by atoms with van der Waals surface area (Å²) < 4.78 is 0. The van der Waals surface area contributed by atoms with Crippen LogP contribution in [-0.2, 0) is 0 Å². The third kappa shape index (κ3) is 3.13. The molecule has 1 unspecified atom stereocenters. The molecule has 0 bridgehead atoms. The molecule has 2 aromatic rings. The van der Waals surface area contributed by atoms with Crippen LogP contribution in [0, 0.1) is 27.7 Å². The average molecular weight is 287 g/mol. The van der Waals surface area contributed by atoms with Gasteiger partial charge >= 0.3 is 0 Å². The minimum absolute atomic E-state index is 0.329. The average Bonchev–Trinajstić information content (AvgIpc) is 2.78. The second-order valence-electron chi connectivity index (χ2n) is 5.67. The zero-order chi connectivity index (χ0) is 14.7. The van der Waals surface area contributed by atoms with Gasteiger partial charge in [0.15, 0.2) is 0 Å². The van der Waals surface area contributed by atoms with Crippen molar-refractivity contribution in [1.29, 1.82) is 0 Å². The molecule has 20 heavy (non-hydrogen) atoms. The first-order chi connectivity index (χ1) is 9.54. The first-order valence-electron chi connectivity index (χ1n) is 7.39. The Morgan fingerprint density at radius 1 is 1.05 bits per heavy atom. The Kier molecular flexibility index (Phi) is 5.00. The van der Waals surface area contributed by atoms with Crippen LogP contribution in [0.3, 0.4) is 0 Å². The second kappa shape index (κ2) is 6.55. The number of hydrogen-bond acceptors (Lipinski definition) is 2. The van der Waals surface area contributed by atoms with E-state index in [1.807, 2.05) is 11.3 Å². The molecule has 0 amide bonds. The van der Waals surface area contributed by atoms with Crippen LogP contribution in [0.4, 0.5) is 0 Å². The van der Waals surface area contributed by atoms with E-state index in [9.17, 15) is 0 Å². The summed E-state index contributed by atoms with van der Waals surface area (Å²) >= 11 is 1.86. The van der Waals surface area contributed by atoms with E-state index in [-0.39, 0.29) is 0 Å². The van der Waals surface area contributed by atoms with Crippen molar-refractivity contribution >= 4 is 11.3 Å². The lowest BCUT2D eigenvalue weighted by Crippen LogP contribution is -2.24. The van der Waals surface area contributed by atoms with E-state index in [0.717, 1.165) is 13.0 Å². The highest BCUT2D eigenvalue weighted by molar-refractivity contribution is 7.10. The van der Waals surface area contributed by atoms with Crippen LogP contribution in [0.2, 0.25) is 0 Å². The van der Waals surface area contributed by atoms with Crippen LogP contribution in [-0.4, -0.2) is 6.54 Å². The Morgan fingerprint density at radius 2 is 1.70 bits per heavy atom. The summed E-state index contributed by atoms with van der Waals surface area (Å²) in [6, 6.07) is 7.15. The van der Waals surface area contributed by atoms with Gasteiger partial charge in [-0.3, -0.25) is 0 Å². The quantitative estimate of drug-likeness (QED) is 0.809. The topological polar surface area (TPSA) is 12.0 Å². The predicted molar refractivity (Wildman–Crippen MR) is 89.8 cm³/mol. The molecule has 108 valence electrons. The molecule has 0 aliphatic carbocycles. The molecular formula is C18H25NS. The second-order valence-corrected chi connectivity index (χ2v) is 6.62. The van der Waals surface area contributed by atoms with Crippen LogP contribution in [0.1, 0.15) is 52.1 Å². The van der Waals surface area contributed by atoms with Gasteiger partial charge in [0.05, 0.1) is 6.04 Å². The molecule has 1 heterocycles. The molecule has 1 N–H and O–H groups in total. The van der Waals surface area contributed by atoms with Gasteiger partial charge in [0, 0.05) is 4.88 Å². The lowest BCUT2D eigenvalue weighted by Gasteiger charge is -2.23. The fraction of sp³-hybridized carbons (Fsp3) is 0.444. The highest BCUT2D eigenvalue weighted by atomic mass is 32.1. The van der Waals surface area contributed by atoms with E-state index in [4.69, 9.17) is 0 Å². The zero-order valence-electron chi connectivity index (χ0n) is 13.2. The number of rotatable bonds is 5. The highest BCUT2D eigenvalue weighted by Gasteiger charge is 2.20. The summed E-state index contributed by atoms with van der Waals surface area (Å²) in [5, 5.41) is 5.94. The molecule has 0 aliphatic rings. The van der Waals surface area contributed by atoms with Crippen molar-refractivity contribution in [3.8, 4) is 0 Å². The molecule has 1 aromatic carbocycles. The number of nitrogens with one attached hydrogen (secondary N) is 1. The minimum Gasteiger partial charge on any atom is -0.306 e. The lowest BCUT2D eigenvalue weighted by molar-refractivity contribution is 0.599. The van der Waals surface area contributed by atoms with Crippen molar-refractivity contribution in [2.45, 2.75) is 47.1 Å². The Morgan fingerprint density at radius 3 is 2.20 bits per heavy atom. The molecule has 1 nitrogen and oxygen atoms in total. The predicted octanol–water partition coefficient (Wildman–Crippen LogP) is 5.07. The van der Waals surface area contributed by atoms with Gasteiger partial charge in [-0.2, -0.15) is 0 Å². The van der Waals surface area contributed by atoms with Crippen molar-refractivity contribution in [2.75, 3.05) is 6.54 Å². The van der Waals surface area contributed by atoms with Crippen LogP contribution in [0.25, 0.3) is 0 Å². The summed E-state index contributed by atoms with van der Waals surface area (Å²) in [5.74, 6) is 0. The smallest absolute Gasteiger partial charge is 0.0678 e. The number of benzene rings is 1. The largest absolute Gasteiger partial charge is 0.306 e. The third-order valence-corrected chi connectivity index (χ3v) is 4.87. The van der Waals surface area contributed by atoms with Gasteiger partial charge in [0.2, 0.25) is 0 Å². The van der Waals surface area contributed by atoms with Gasteiger partial charge < -0.3 is 5.32 Å². The molecule has 2 heteroatoms. The van der Waals surface area contributed by atoms with Gasteiger partial charge in [-0.05, 0) is 74.4 Å². The normalized spacial score (nSPS) is 12.7. The Hall–Kier alpha value is -1.12. The fourth-order valence-electron chi connectivity index (χ4n) is 2.94. The van der Waals surface area contributed by atoms with Gasteiger partial charge in [-0.15, -0.1) is 11.3 Å². The van der Waals surface area contributed by atoms with Crippen molar-refractivity contribution in [1.82, 2.24) is 5.32 Å². The van der Waals surface area contributed by atoms with Gasteiger partial charge in [0.1, 0.15) is 0 Å². The maximum atomic E-state index is 3.74. The molecule has 0 radical (unpaired) electrons. The molecule has 0 spiro atoms. The number of aryl methyl sites for hydroxylation is 4. The maximum Gasteiger partial charge on any atom is 0.0678 e. The summed E-state index contributed by atoms with van der Waals surface area (Å²) in [6.45, 7) is 12.1. The lowest BCUT2D eigenvalue weighted by atomic mass is 9.92. The maximum absolute atomic E-state index is 3.74. The molecule has 0 aliphatic heterocycles. The number of hydrogen-bond donors (Lipinski definition) is 1. The molecule has 1 aromatic heterocycles. The standard InChI is InChI=1S/C18H25NS/c1-6-8-19-17(18-13(3)7-9-20-18)16-14(4)10-12(2)11-15(16)5/h7,9-11,17,19H,6,8H2,1-5H3. The number of thiophene rings is 1. The molecule has 1 atom stereocenters. The summed E-state index contributed by atoms with van der Waals surface area (Å²) in [4.78, 5) is 1.45. The van der Waals surface area contributed by atoms with E-state index < -0.39 is 0 Å². The molecular weight excluding hydrogens is 262 g/mol. The van der Waals surface area contributed by atoms with E-state index in [1.54, 1.807) is 0 Å². The van der Waals surface area contributed by atoms with E-state index >= 15 is 0 Å². The molecule has 0 saturated heterocycles. The van der Waals surface area contributed by atoms with E-state index in [2.05, 4.69) is 63.5 Å². The molecule has 0 fully saturated rings. The summed E-state index contributed by atoms with van der Waals surface area (Å²) in [6.07, 6.45) is 1.16. The SMILES string of the molecule is CCCNC(c1sccc1C)c1c(C)cc(C)cc1C. The van der Waals surface area contributed by atoms with Crippen LogP contribution in [0.5, 0.6) is 0 Å². The van der Waals surface area contributed by atoms with Crippen LogP contribution in [0.15, 0.2) is 23.6 Å². The highest BCUT2D eigenvalue weighted by Crippen LogP contribution is 2.33. The van der Waals surface area contributed by atoms with E-state index in [1.165, 1.54) is 32.7 Å². The monoisotopic (exact) mass is 287 g/mol.